The zero-order chi connectivity index (χ0) is 43.8. The Hall–Kier alpha value is -1.66. The summed E-state index contributed by atoms with van der Waals surface area (Å²) in [4.78, 5) is 26.2. The zero-order valence-electron chi connectivity index (χ0n) is 40.4. The Bertz CT molecular complexity index is 950. The van der Waals surface area contributed by atoms with Crippen LogP contribution in [0.2, 0.25) is 0 Å². The number of hydrogen-bond donors (Lipinski definition) is 3. The summed E-state index contributed by atoms with van der Waals surface area (Å²) in [5, 5.41) is 23.7. The van der Waals surface area contributed by atoms with Gasteiger partial charge in [-0.2, -0.15) is 0 Å². The van der Waals surface area contributed by atoms with E-state index in [-0.39, 0.29) is 24.9 Å². The monoisotopic (exact) mass is 846 g/mol. The highest BCUT2D eigenvalue weighted by Crippen LogP contribution is 2.18. The molecule has 3 atom stereocenters. The fourth-order valence-corrected chi connectivity index (χ4v) is 8.23. The van der Waals surface area contributed by atoms with Crippen LogP contribution >= 0.6 is 0 Å². The van der Waals surface area contributed by atoms with Crippen LogP contribution < -0.4 is 5.32 Å². The van der Waals surface area contributed by atoms with Crippen molar-refractivity contribution in [3.63, 3.8) is 0 Å². The Morgan fingerprint density at radius 2 is 0.850 bits per heavy atom. The van der Waals surface area contributed by atoms with Crippen LogP contribution in [0.5, 0.6) is 0 Å². The second kappa shape index (κ2) is 48.4. The third-order valence-electron chi connectivity index (χ3n) is 12.3. The number of hydrogen-bond acceptors (Lipinski definition) is 5. The average molecular weight is 846 g/mol. The number of rotatable bonds is 48. The number of nitrogens with one attached hydrogen (secondary N) is 1. The van der Waals surface area contributed by atoms with Gasteiger partial charge in [0.25, 0.3) is 0 Å². The van der Waals surface area contributed by atoms with Crippen molar-refractivity contribution in [1.82, 2.24) is 5.32 Å². The molecule has 0 fully saturated rings. The smallest absolute Gasteiger partial charge is 0.306 e. The van der Waals surface area contributed by atoms with Crippen molar-refractivity contribution in [2.24, 2.45) is 0 Å². The van der Waals surface area contributed by atoms with Gasteiger partial charge in [-0.1, -0.05) is 238 Å². The van der Waals surface area contributed by atoms with E-state index < -0.39 is 18.2 Å². The zero-order valence-corrected chi connectivity index (χ0v) is 40.4. The first-order valence-electron chi connectivity index (χ1n) is 26.6. The van der Waals surface area contributed by atoms with E-state index in [1.54, 1.807) is 0 Å². The van der Waals surface area contributed by atoms with E-state index in [9.17, 15) is 19.8 Å². The van der Waals surface area contributed by atoms with Crippen LogP contribution in [0.25, 0.3) is 0 Å². The molecule has 0 bridgehead atoms. The fraction of sp³-hybridized carbons (Fsp3) is 0.889. The van der Waals surface area contributed by atoms with Gasteiger partial charge in [0.05, 0.1) is 25.2 Å². The number of unbranched alkanes of at least 4 members (excludes halogenated alkanes) is 32. The summed E-state index contributed by atoms with van der Waals surface area (Å²) in [6, 6.07) is -0.697. The second-order valence-corrected chi connectivity index (χ2v) is 18.3. The van der Waals surface area contributed by atoms with Crippen LogP contribution in [0.4, 0.5) is 0 Å². The van der Waals surface area contributed by atoms with Gasteiger partial charge in [-0.3, -0.25) is 9.59 Å². The lowest BCUT2D eigenvalue weighted by atomic mass is 10.0. The number of carbonyl (C=O) groups excluding carboxylic acids is 2. The largest absolute Gasteiger partial charge is 0.462 e. The van der Waals surface area contributed by atoms with Gasteiger partial charge in [0.1, 0.15) is 6.10 Å². The van der Waals surface area contributed by atoms with Gasteiger partial charge in [0, 0.05) is 6.42 Å². The Kier molecular flexibility index (Phi) is 47.0. The first-order chi connectivity index (χ1) is 29.5. The summed E-state index contributed by atoms with van der Waals surface area (Å²) in [5.74, 6) is -0.468. The molecule has 0 saturated heterocycles. The van der Waals surface area contributed by atoms with Crippen molar-refractivity contribution < 1.29 is 24.5 Å². The number of ether oxygens (including phenoxy) is 1. The first kappa shape index (κ1) is 58.3. The molecule has 0 heterocycles. The van der Waals surface area contributed by atoms with Gasteiger partial charge < -0.3 is 20.3 Å². The molecule has 0 aliphatic heterocycles. The predicted molar refractivity (Wildman–Crippen MR) is 260 cm³/mol. The Morgan fingerprint density at radius 1 is 0.483 bits per heavy atom. The standard InChI is InChI=1S/C54H103NO5/c1-4-7-10-13-16-19-22-24-25-26-27-29-32-35-38-41-44-47-54(59)60-50(45-42-39-36-33-31-28-23-20-17-14-11-8-5-2)48-53(58)55-51(49-56)52(57)46-43-40-37-34-30-21-18-15-12-9-6-3/h16,19,24-25,50-52,56-57H,4-15,17-18,20-23,26-49H2,1-3H3,(H,55,58)/b19-16-,25-24-. The van der Waals surface area contributed by atoms with E-state index in [4.69, 9.17) is 4.74 Å². The van der Waals surface area contributed by atoms with Crippen LogP contribution in [-0.2, 0) is 14.3 Å². The number of aliphatic hydroxyl groups is 2. The summed E-state index contributed by atoms with van der Waals surface area (Å²) in [7, 11) is 0. The summed E-state index contributed by atoms with van der Waals surface area (Å²) in [6.07, 6.45) is 55.2. The maximum absolute atomic E-state index is 13.2. The third kappa shape index (κ3) is 43.0. The van der Waals surface area contributed by atoms with Crippen LogP contribution in [0.15, 0.2) is 24.3 Å². The van der Waals surface area contributed by atoms with Crippen molar-refractivity contribution in [2.75, 3.05) is 6.61 Å². The molecule has 0 radical (unpaired) electrons. The Labute approximate surface area is 373 Å². The van der Waals surface area contributed by atoms with Crippen molar-refractivity contribution in [3.05, 3.63) is 24.3 Å². The lowest BCUT2D eigenvalue weighted by Crippen LogP contribution is -2.46. The number of esters is 1. The van der Waals surface area contributed by atoms with E-state index >= 15 is 0 Å². The first-order valence-corrected chi connectivity index (χ1v) is 26.6. The fourth-order valence-electron chi connectivity index (χ4n) is 8.23. The van der Waals surface area contributed by atoms with Crippen LogP contribution in [0.3, 0.4) is 0 Å². The van der Waals surface area contributed by atoms with Crippen molar-refractivity contribution >= 4 is 11.9 Å². The quantitative estimate of drug-likeness (QED) is 0.0322. The minimum absolute atomic E-state index is 0.0800. The minimum Gasteiger partial charge on any atom is -0.462 e. The lowest BCUT2D eigenvalue weighted by Gasteiger charge is -2.24. The lowest BCUT2D eigenvalue weighted by molar-refractivity contribution is -0.151. The van der Waals surface area contributed by atoms with Gasteiger partial charge in [0.2, 0.25) is 5.91 Å². The number of carbonyl (C=O) groups is 2. The SMILES string of the molecule is CCCCC/C=C\C/C=C\CCCCCCCCCC(=O)OC(CCCCCCCCCCCCCCC)CC(=O)NC(CO)C(O)CCCCCCCCCCCCC. The van der Waals surface area contributed by atoms with Gasteiger partial charge in [-0.15, -0.1) is 0 Å². The van der Waals surface area contributed by atoms with E-state index in [2.05, 4.69) is 50.4 Å². The van der Waals surface area contributed by atoms with Crippen molar-refractivity contribution in [2.45, 2.75) is 302 Å². The van der Waals surface area contributed by atoms with Crippen LogP contribution in [0.1, 0.15) is 284 Å². The molecular formula is C54H103NO5. The normalized spacial score (nSPS) is 13.3. The second-order valence-electron chi connectivity index (χ2n) is 18.3. The highest BCUT2D eigenvalue weighted by Gasteiger charge is 2.24. The third-order valence-corrected chi connectivity index (χ3v) is 12.3. The molecule has 0 spiro atoms. The molecule has 0 aliphatic carbocycles. The van der Waals surface area contributed by atoms with Crippen molar-refractivity contribution in [3.8, 4) is 0 Å². The summed E-state index contributed by atoms with van der Waals surface area (Å²) in [6.45, 7) is 6.47. The average Bonchev–Trinajstić information content (AvgIpc) is 3.24. The molecule has 0 saturated carbocycles. The van der Waals surface area contributed by atoms with E-state index in [0.717, 1.165) is 57.8 Å². The maximum Gasteiger partial charge on any atom is 0.306 e. The maximum atomic E-state index is 13.2. The molecule has 3 unspecified atom stereocenters. The van der Waals surface area contributed by atoms with Gasteiger partial charge in [0.15, 0.2) is 0 Å². The molecule has 0 aromatic rings. The van der Waals surface area contributed by atoms with Gasteiger partial charge in [-0.25, -0.2) is 0 Å². The van der Waals surface area contributed by atoms with Crippen LogP contribution in [0, 0.1) is 0 Å². The van der Waals surface area contributed by atoms with E-state index in [0.29, 0.717) is 19.3 Å². The number of aliphatic hydroxyl groups excluding tert-OH is 2. The molecule has 0 aromatic carbocycles. The number of amides is 1. The molecule has 6 nitrogen and oxygen atoms in total. The molecule has 6 heteroatoms. The highest BCUT2D eigenvalue weighted by atomic mass is 16.5. The highest BCUT2D eigenvalue weighted by molar-refractivity contribution is 5.77. The summed E-state index contributed by atoms with van der Waals surface area (Å²) >= 11 is 0. The number of allylic oxidation sites excluding steroid dienone is 4. The van der Waals surface area contributed by atoms with Crippen LogP contribution in [-0.4, -0.2) is 46.9 Å². The Balaban J connectivity index is 4.53. The van der Waals surface area contributed by atoms with Gasteiger partial charge >= 0.3 is 5.97 Å². The molecule has 3 N–H and O–H groups in total. The van der Waals surface area contributed by atoms with Gasteiger partial charge in [-0.05, 0) is 57.8 Å². The predicted octanol–water partition coefficient (Wildman–Crippen LogP) is 15.9. The molecule has 0 aliphatic rings. The van der Waals surface area contributed by atoms with E-state index in [1.165, 1.54) is 180 Å². The summed E-state index contributed by atoms with van der Waals surface area (Å²) in [5.41, 5.74) is 0. The van der Waals surface area contributed by atoms with Crippen molar-refractivity contribution in [1.29, 1.82) is 0 Å². The topological polar surface area (TPSA) is 95.9 Å². The molecule has 354 valence electrons. The molecule has 0 rings (SSSR count). The molecule has 1 amide bonds. The Morgan fingerprint density at radius 3 is 1.30 bits per heavy atom. The molecule has 0 aromatic heterocycles. The van der Waals surface area contributed by atoms with E-state index in [1.807, 2.05) is 0 Å². The molecule has 60 heavy (non-hydrogen) atoms. The molecular weight excluding hydrogens is 743 g/mol. The summed E-state index contributed by atoms with van der Waals surface area (Å²) < 4.78 is 5.94. The minimum atomic E-state index is -0.784.